The van der Waals surface area contributed by atoms with Crippen LogP contribution in [-0.2, 0) is 27.2 Å². The van der Waals surface area contributed by atoms with Crippen LogP contribution in [0, 0.1) is 0 Å². The second-order valence-corrected chi connectivity index (χ2v) is 8.08. The van der Waals surface area contributed by atoms with Gasteiger partial charge >= 0.3 is 0 Å². The van der Waals surface area contributed by atoms with E-state index < -0.39 is 0 Å². The zero-order chi connectivity index (χ0) is 19.5. The Morgan fingerprint density at radius 1 is 0.690 bits per heavy atom. The summed E-state index contributed by atoms with van der Waals surface area (Å²) >= 11 is 0. The second-order valence-electron chi connectivity index (χ2n) is 8.08. The molecular weight excluding hydrogens is 360 g/mol. The van der Waals surface area contributed by atoms with E-state index in [4.69, 9.17) is 0 Å². The minimum atomic E-state index is 0.912. The normalized spacial score (nSPS) is 14.7. The van der Waals surface area contributed by atoms with Crippen molar-refractivity contribution in [3.8, 4) is 11.4 Å². The maximum absolute atomic E-state index is 2.51. The number of aryl methyl sites for hydroxylation is 2. The van der Waals surface area contributed by atoms with Gasteiger partial charge in [-0.3, -0.25) is 0 Å². The molecule has 0 fully saturated rings. The lowest BCUT2D eigenvalue weighted by atomic mass is 9.99. The van der Waals surface area contributed by atoms with Crippen LogP contribution in [0.25, 0.3) is 11.4 Å². The predicted octanol–water partition coefficient (Wildman–Crippen LogP) is 2.21. The fraction of sp³-hybridized carbons (Fsp3) is 0.217. The Hall–Kier alpha value is -3.54. The zero-order valence-corrected chi connectivity index (χ0v) is 16.7. The van der Waals surface area contributed by atoms with Gasteiger partial charge in [0.15, 0.2) is 11.4 Å². The monoisotopic (exact) mass is 384 g/mol. The van der Waals surface area contributed by atoms with Crippen molar-refractivity contribution in [3.63, 3.8) is 0 Å². The minimum Gasteiger partial charge on any atom is -0.346 e. The van der Waals surface area contributed by atoms with E-state index >= 15 is 0 Å². The van der Waals surface area contributed by atoms with Crippen LogP contribution >= 0.6 is 0 Å². The van der Waals surface area contributed by atoms with Crippen LogP contribution < -0.4 is 18.9 Å². The number of hydrogen-bond donors (Lipinski definition) is 0. The molecule has 2 bridgehead atoms. The molecule has 2 aliphatic heterocycles. The van der Waals surface area contributed by atoms with Crippen molar-refractivity contribution in [2.45, 2.75) is 13.1 Å². The van der Waals surface area contributed by atoms with Crippen molar-refractivity contribution in [3.05, 3.63) is 85.0 Å². The molecule has 0 saturated carbocycles. The molecule has 0 N–H and O–H groups in total. The van der Waals surface area contributed by atoms with Crippen LogP contribution in [0.5, 0.6) is 0 Å². The van der Waals surface area contributed by atoms with Crippen molar-refractivity contribution >= 4 is 11.4 Å². The summed E-state index contributed by atoms with van der Waals surface area (Å²) in [6.45, 7) is 2.75. The van der Waals surface area contributed by atoms with Gasteiger partial charge in [-0.2, -0.15) is 0 Å². The first kappa shape index (κ1) is 16.4. The van der Waals surface area contributed by atoms with Crippen LogP contribution in [0.15, 0.2) is 73.8 Å². The third-order valence-electron chi connectivity index (χ3n) is 5.99. The number of para-hydroxylation sites is 2. The first-order chi connectivity index (χ1) is 14.2. The third-order valence-corrected chi connectivity index (χ3v) is 5.99. The lowest BCUT2D eigenvalue weighted by Gasteiger charge is -2.45. The summed E-state index contributed by atoms with van der Waals surface area (Å²) in [5.41, 5.74) is 7.96. The number of fused-ring (bicyclic) bond motifs is 6. The minimum absolute atomic E-state index is 0.912. The Balaban J connectivity index is 1.48. The van der Waals surface area contributed by atoms with Gasteiger partial charge in [0.2, 0.25) is 12.7 Å². The highest BCUT2D eigenvalue weighted by molar-refractivity contribution is 5.77. The molecule has 4 heterocycles. The Morgan fingerprint density at radius 2 is 1.17 bits per heavy atom. The van der Waals surface area contributed by atoms with Crippen molar-refractivity contribution in [2.24, 2.45) is 14.1 Å². The topological polar surface area (TPSA) is 24.1 Å². The number of aromatic nitrogens is 4. The standard InChI is InChI=1S/C23H24N6/c1-24-9-11-26(15-24)20-7-3-5-18-13-29-17-28(22(18)20)14-19-6-4-8-21(23(19)29)27-12-10-25(2)16-27/h3-12,15-16H,13-14,17H2,1-2H3/q+2. The first-order valence-electron chi connectivity index (χ1n) is 9.98. The molecule has 0 radical (unpaired) electrons. The largest absolute Gasteiger partial charge is 0.346 e. The highest BCUT2D eigenvalue weighted by Crippen LogP contribution is 2.42. The smallest absolute Gasteiger partial charge is 0.248 e. The number of anilines is 2. The Kier molecular flexibility index (Phi) is 3.38. The summed E-state index contributed by atoms with van der Waals surface area (Å²) in [7, 11) is 4.13. The molecule has 2 aliphatic rings. The van der Waals surface area contributed by atoms with Gasteiger partial charge < -0.3 is 9.80 Å². The van der Waals surface area contributed by atoms with Crippen LogP contribution in [-0.4, -0.2) is 15.8 Å². The van der Waals surface area contributed by atoms with Crippen LogP contribution in [0.3, 0.4) is 0 Å². The lowest BCUT2D eigenvalue weighted by Crippen LogP contribution is -2.47. The predicted molar refractivity (Wildman–Crippen MR) is 111 cm³/mol. The van der Waals surface area contributed by atoms with Gasteiger partial charge in [-0.1, -0.05) is 24.3 Å². The van der Waals surface area contributed by atoms with E-state index in [2.05, 4.69) is 116 Å². The van der Waals surface area contributed by atoms with Gasteiger partial charge in [-0.15, -0.1) is 0 Å². The molecule has 4 aromatic rings. The van der Waals surface area contributed by atoms with E-state index in [1.54, 1.807) is 0 Å². The highest BCUT2D eigenvalue weighted by Gasteiger charge is 2.34. The summed E-state index contributed by atoms with van der Waals surface area (Å²) in [6.07, 6.45) is 12.7. The van der Waals surface area contributed by atoms with Gasteiger partial charge in [0, 0.05) is 13.1 Å². The molecule has 6 nitrogen and oxygen atoms in total. The van der Waals surface area contributed by atoms with E-state index in [0.717, 1.165) is 19.8 Å². The molecule has 0 unspecified atom stereocenters. The van der Waals surface area contributed by atoms with E-state index in [9.17, 15) is 0 Å². The molecule has 29 heavy (non-hydrogen) atoms. The highest BCUT2D eigenvalue weighted by atomic mass is 15.4. The molecule has 0 amide bonds. The molecule has 144 valence electrons. The van der Waals surface area contributed by atoms with Gasteiger partial charge in [0.05, 0.1) is 32.1 Å². The van der Waals surface area contributed by atoms with Gasteiger partial charge in [-0.25, -0.2) is 18.3 Å². The average Bonchev–Trinajstić information content (AvgIpc) is 3.35. The number of hydrogen-bond acceptors (Lipinski definition) is 2. The fourth-order valence-corrected chi connectivity index (χ4v) is 4.76. The maximum atomic E-state index is 2.51. The molecule has 2 aromatic heterocycles. The summed E-state index contributed by atoms with van der Waals surface area (Å²) < 4.78 is 8.62. The van der Waals surface area contributed by atoms with Gasteiger partial charge in [0.25, 0.3) is 0 Å². The van der Waals surface area contributed by atoms with Crippen LogP contribution in [0.1, 0.15) is 11.1 Å². The quantitative estimate of drug-likeness (QED) is 0.495. The molecule has 0 aliphatic carbocycles. The molecular formula is C23H24N6+2. The molecule has 0 spiro atoms. The maximum Gasteiger partial charge on any atom is 0.248 e. The fourth-order valence-electron chi connectivity index (χ4n) is 4.76. The molecule has 6 rings (SSSR count). The number of benzene rings is 2. The van der Waals surface area contributed by atoms with Crippen molar-refractivity contribution in [1.82, 2.24) is 9.13 Å². The lowest BCUT2D eigenvalue weighted by molar-refractivity contribution is -0.670. The number of rotatable bonds is 2. The SMILES string of the molecule is C[n+]1ccn(-c2cccc3c2N2Cc4cccc(-n5cc[n+](C)c5)c4N(C3)C2)c1. The average molecular weight is 384 g/mol. The zero-order valence-electron chi connectivity index (χ0n) is 16.7. The van der Waals surface area contributed by atoms with E-state index in [-0.39, 0.29) is 0 Å². The first-order valence-corrected chi connectivity index (χ1v) is 9.98. The van der Waals surface area contributed by atoms with E-state index in [1.807, 2.05) is 0 Å². The van der Waals surface area contributed by atoms with Crippen molar-refractivity contribution in [2.75, 3.05) is 16.5 Å². The molecule has 0 atom stereocenters. The third kappa shape index (κ3) is 2.49. The molecule has 6 heteroatoms. The second kappa shape index (κ2) is 5.98. The summed E-state index contributed by atoms with van der Waals surface area (Å²) in [6, 6.07) is 13.3. The molecule has 2 aromatic carbocycles. The number of imidazole rings is 2. The van der Waals surface area contributed by atoms with Crippen LogP contribution in [0.2, 0.25) is 0 Å². The van der Waals surface area contributed by atoms with Crippen molar-refractivity contribution in [1.29, 1.82) is 0 Å². The van der Waals surface area contributed by atoms with Crippen LogP contribution in [0.4, 0.5) is 11.4 Å². The van der Waals surface area contributed by atoms with E-state index in [0.29, 0.717) is 0 Å². The summed E-state index contributed by atoms with van der Waals surface area (Å²) in [5, 5.41) is 0. The Labute approximate surface area is 170 Å². The number of nitrogens with zero attached hydrogens (tertiary/aromatic N) is 6. The van der Waals surface area contributed by atoms with E-state index in [1.165, 1.54) is 33.9 Å². The Morgan fingerprint density at radius 3 is 1.59 bits per heavy atom. The summed E-state index contributed by atoms with van der Waals surface area (Å²) in [5.74, 6) is 0. The Bertz CT molecular complexity index is 1140. The molecule has 0 saturated heterocycles. The summed E-state index contributed by atoms with van der Waals surface area (Å²) in [4.78, 5) is 5.02. The van der Waals surface area contributed by atoms with Gasteiger partial charge in [0.1, 0.15) is 24.8 Å². The van der Waals surface area contributed by atoms with Crippen molar-refractivity contribution < 1.29 is 9.13 Å². The van der Waals surface area contributed by atoms with Gasteiger partial charge in [-0.05, 0) is 23.3 Å².